The Morgan fingerprint density at radius 3 is 2.74 bits per heavy atom. The number of carbonyl (C=O) groups is 1. The quantitative estimate of drug-likeness (QED) is 0.519. The fourth-order valence-corrected chi connectivity index (χ4v) is 2.34. The van der Waals surface area contributed by atoms with Crippen molar-refractivity contribution in [2.24, 2.45) is 0 Å². The smallest absolute Gasteiger partial charge is 0.211 e. The average molecular weight is 311 g/mol. The van der Waals surface area contributed by atoms with Gasteiger partial charge in [-0.05, 0) is 42.5 Å². The lowest BCUT2D eigenvalue weighted by atomic mass is 10.1. The molecule has 0 aliphatic carbocycles. The lowest BCUT2D eigenvalue weighted by Gasteiger charge is -2.06. The van der Waals surface area contributed by atoms with Crippen molar-refractivity contribution in [3.05, 3.63) is 42.5 Å². The normalized spacial score (nSPS) is 10.7. The molecule has 0 radical (unpaired) electrons. The fraction of sp³-hybridized carbons (Fsp3) is 0.176. The van der Waals surface area contributed by atoms with E-state index in [0.717, 1.165) is 33.6 Å². The van der Waals surface area contributed by atoms with Gasteiger partial charge in [-0.1, -0.05) is 0 Å². The number of fused-ring (bicyclic) bond motifs is 1. The van der Waals surface area contributed by atoms with Gasteiger partial charge in [-0.2, -0.15) is 5.10 Å². The number of hydrogen-bond acceptors (Lipinski definition) is 4. The van der Waals surface area contributed by atoms with E-state index in [-0.39, 0.29) is 0 Å². The number of ether oxygens (including phenoxy) is 2. The van der Waals surface area contributed by atoms with Gasteiger partial charge in [0.1, 0.15) is 12.4 Å². The number of nitrogens with one attached hydrogen (secondary N) is 2. The minimum absolute atomic E-state index is 0.516. The molecular weight excluding hydrogens is 294 g/mol. The fourth-order valence-electron chi connectivity index (χ4n) is 2.34. The Hall–Kier alpha value is -2.86. The van der Waals surface area contributed by atoms with E-state index in [4.69, 9.17) is 9.47 Å². The molecule has 0 unspecified atom stereocenters. The minimum Gasteiger partial charge on any atom is -0.491 e. The van der Waals surface area contributed by atoms with Gasteiger partial charge in [0, 0.05) is 23.7 Å². The van der Waals surface area contributed by atoms with Gasteiger partial charge in [0.2, 0.25) is 6.41 Å². The first kappa shape index (κ1) is 15.1. The van der Waals surface area contributed by atoms with E-state index in [1.807, 2.05) is 42.5 Å². The zero-order chi connectivity index (χ0) is 16.1. The molecule has 1 aromatic heterocycles. The predicted octanol–water partition coefficient (Wildman–Crippen LogP) is 2.82. The Kier molecular flexibility index (Phi) is 4.54. The lowest BCUT2D eigenvalue weighted by molar-refractivity contribution is -0.105. The zero-order valence-electron chi connectivity index (χ0n) is 12.7. The van der Waals surface area contributed by atoms with Crippen molar-refractivity contribution in [2.75, 3.05) is 25.6 Å². The van der Waals surface area contributed by atoms with Crippen LogP contribution < -0.4 is 10.1 Å². The SMILES string of the molecule is COCCOc1ccc(-c2n[nH]c3ccc(NC=O)cc23)cc1. The van der Waals surface area contributed by atoms with Gasteiger partial charge in [0.05, 0.1) is 17.8 Å². The third-order valence-electron chi connectivity index (χ3n) is 3.47. The summed E-state index contributed by atoms with van der Waals surface area (Å²) in [5, 5.41) is 11.0. The van der Waals surface area contributed by atoms with E-state index in [2.05, 4.69) is 15.5 Å². The molecule has 0 spiro atoms. The van der Waals surface area contributed by atoms with Gasteiger partial charge in [0.15, 0.2) is 0 Å². The van der Waals surface area contributed by atoms with Crippen LogP contribution in [0, 0.1) is 0 Å². The Morgan fingerprint density at radius 2 is 2.00 bits per heavy atom. The van der Waals surface area contributed by atoms with Crippen LogP contribution in [0.4, 0.5) is 5.69 Å². The van der Waals surface area contributed by atoms with E-state index in [1.54, 1.807) is 7.11 Å². The summed E-state index contributed by atoms with van der Waals surface area (Å²) >= 11 is 0. The molecule has 0 bridgehead atoms. The molecule has 0 fully saturated rings. The van der Waals surface area contributed by atoms with Gasteiger partial charge < -0.3 is 14.8 Å². The summed E-state index contributed by atoms with van der Waals surface area (Å²) in [4.78, 5) is 10.6. The molecule has 118 valence electrons. The monoisotopic (exact) mass is 311 g/mol. The first-order chi connectivity index (χ1) is 11.3. The maximum absolute atomic E-state index is 10.6. The molecule has 0 saturated heterocycles. The molecule has 3 aromatic rings. The summed E-state index contributed by atoms with van der Waals surface area (Å²) < 4.78 is 10.5. The molecule has 0 saturated carbocycles. The highest BCUT2D eigenvalue weighted by Crippen LogP contribution is 2.29. The van der Waals surface area contributed by atoms with Crippen LogP contribution in [0.2, 0.25) is 0 Å². The standard InChI is InChI=1S/C17H17N3O3/c1-22-8-9-23-14-5-2-12(3-6-14)17-15-10-13(18-11-21)4-7-16(15)19-20-17/h2-7,10-11H,8-9H2,1H3,(H,18,21)(H,19,20). The van der Waals surface area contributed by atoms with Crippen molar-refractivity contribution in [3.63, 3.8) is 0 Å². The maximum Gasteiger partial charge on any atom is 0.211 e. The number of hydrogen-bond donors (Lipinski definition) is 2. The van der Waals surface area contributed by atoms with Crippen LogP contribution in [0.1, 0.15) is 0 Å². The van der Waals surface area contributed by atoms with Crippen LogP contribution >= 0.6 is 0 Å². The minimum atomic E-state index is 0.516. The van der Waals surface area contributed by atoms with Crippen LogP contribution in [0.3, 0.4) is 0 Å². The van der Waals surface area contributed by atoms with Crippen LogP contribution in [-0.4, -0.2) is 36.9 Å². The second-order valence-corrected chi connectivity index (χ2v) is 4.96. The summed E-state index contributed by atoms with van der Waals surface area (Å²) in [6.45, 7) is 1.07. The van der Waals surface area contributed by atoms with Crippen LogP contribution in [0.5, 0.6) is 5.75 Å². The Labute approximate surface area is 133 Å². The number of rotatable bonds is 7. The average Bonchev–Trinajstić information content (AvgIpc) is 2.99. The van der Waals surface area contributed by atoms with Crippen molar-refractivity contribution in [1.82, 2.24) is 10.2 Å². The maximum atomic E-state index is 10.6. The van der Waals surface area contributed by atoms with E-state index >= 15 is 0 Å². The summed E-state index contributed by atoms with van der Waals surface area (Å²) in [5.74, 6) is 0.786. The number of anilines is 1. The van der Waals surface area contributed by atoms with E-state index in [1.165, 1.54) is 0 Å². The number of aromatic amines is 1. The first-order valence-corrected chi connectivity index (χ1v) is 7.22. The van der Waals surface area contributed by atoms with E-state index in [9.17, 15) is 4.79 Å². The molecule has 1 amide bonds. The first-order valence-electron chi connectivity index (χ1n) is 7.22. The molecular formula is C17H17N3O3. The van der Waals surface area contributed by atoms with Crippen molar-refractivity contribution < 1.29 is 14.3 Å². The molecule has 1 heterocycles. The molecule has 23 heavy (non-hydrogen) atoms. The number of methoxy groups -OCH3 is 1. The lowest BCUT2D eigenvalue weighted by Crippen LogP contribution is -2.03. The zero-order valence-corrected chi connectivity index (χ0v) is 12.7. The number of aromatic nitrogens is 2. The Morgan fingerprint density at radius 1 is 1.17 bits per heavy atom. The summed E-state index contributed by atoms with van der Waals surface area (Å²) in [6.07, 6.45) is 0.660. The van der Waals surface area contributed by atoms with E-state index in [0.29, 0.717) is 19.6 Å². The van der Waals surface area contributed by atoms with Crippen molar-refractivity contribution in [3.8, 4) is 17.0 Å². The van der Waals surface area contributed by atoms with Crippen LogP contribution in [0.25, 0.3) is 22.2 Å². The highest BCUT2D eigenvalue weighted by molar-refractivity contribution is 5.95. The molecule has 0 aliphatic rings. The molecule has 3 rings (SSSR count). The number of benzene rings is 2. The molecule has 2 N–H and O–H groups in total. The second-order valence-electron chi connectivity index (χ2n) is 4.96. The van der Waals surface area contributed by atoms with Crippen LogP contribution in [0.15, 0.2) is 42.5 Å². The van der Waals surface area contributed by atoms with Gasteiger partial charge in [-0.3, -0.25) is 9.89 Å². The molecule has 2 aromatic carbocycles. The predicted molar refractivity (Wildman–Crippen MR) is 88.6 cm³/mol. The van der Waals surface area contributed by atoms with Gasteiger partial charge in [-0.25, -0.2) is 0 Å². The molecule has 0 aliphatic heterocycles. The third-order valence-corrected chi connectivity index (χ3v) is 3.47. The molecule has 6 heteroatoms. The second kappa shape index (κ2) is 6.93. The number of nitrogens with zero attached hydrogens (tertiary/aromatic N) is 1. The number of amides is 1. The summed E-state index contributed by atoms with van der Waals surface area (Å²) in [5.41, 5.74) is 3.45. The third kappa shape index (κ3) is 3.32. The number of carbonyl (C=O) groups excluding carboxylic acids is 1. The van der Waals surface area contributed by atoms with Crippen LogP contribution in [-0.2, 0) is 9.53 Å². The van der Waals surface area contributed by atoms with E-state index < -0.39 is 0 Å². The molecule has 6 nitrogen and oxygen atoms in total. The highest BCUT2D eigenvalue weighted by Gasteiger charge is 2.09. The highest BCUT2D eigenvalue weighted by atomic mass is 16.5. The Bertz CT molecular complexity index is 796. The Balaban J connectivity index is 1.87. The summed E-state index contributed by atoms with van der Waals surface area (Å²) in [6, 6.07) is 13.3. The van der Waals surface area contributed by atoms with Gasteiger partial charge in [-0.15, -0.1) is 0 Å². The molecule has 0 atom stereocenters. The van der Waals surface area contributed by atoms with Gasteiger partial charge in [0.25, 0.3) is 0 Å². The topological polar surface area (TPSA) is 76.2 Å². The number of H-pyrrole nitrogens is 1. The van der Waals surface area contributed by atoms with Crippen molar-refractivity contribution >= 4 is 23.0 Å². The van der Waals surface area contributed by atoms with Crippen molar-refractivity contribution in [1.29, 1.82) is 0 Å². The van der Waals surface area contributed by atoms with Crippen molar-refractivity contribution in [2.45, 2.75) is 0 Å². The van der Waals surface area contributed by atoms with Gasteiger partial charge >= 0.3 is 0 Å². The summed E-state index contributed by atoms with van der Waals surface area (Å²) in [7, 11) is 1.64. The largest absolute Gasteiger partial charge is 0.491 e.